The molecule has 0 aliphatic carbocycles. The van der Waals surface area contributed by atoms with Crippen LogP contribution in [0.2, 0.25) is 0 Å². The number of carbonyl (C=O) groups excluding carboxylic acids is 2. The second kappa shape index (κ2) is 10.7. The summed E-state index contributed by atoms with van der Waals surface area (Å²) < 4.78 is 5.38. The van der Waals surface area contributed by atoms with Gasteiger partial charge in [0, 0.05) is 25.0 Å². The van der Waals surface area contributed by atoms with E-state index < -0.39 is 6.04 Å². The number of aromatic nitrogens is 1. The molecular formula is C24H32N2O3. The Morgan fingerprint density at radius 1 is 1.00 bits per heavy atom. The van der Waals surface area contributed by atoms with Crippen molar-refractivity contribution >= 4 is 11.9 Å². The summed E-state index contributed by atoms with van der Waals surface area (Å²) in [6, 6.07) is 11.0. The summed E-state index contributed by atoms with van der Waals surface area (Å²) in [6.45, 7) is 7.70. The van der Waals surface area contributed by atoms with Crippen LogP contribution in [0.5, 0.6) is 0 Å². The van der Waals surface area contributed by atoms with E-state index >= 15 is 0 Å². The molecule has 2 rings (SSSR count). The predicted molar refractivity (Wildman–Crippen MR) is 115 cm³/mol. The SMILES string of the molecule is CC(C)C[C@@H](C(=O)OC(C)C)N(C)C(=O)c1ccc(CCc2cccnc2)cc1. The Balaban J connectivity index is 2.05. The Hall–Kier alpha value is -2.69. The van der Waals surface area contributed by atoms with Crippen LogP contribution in [0, 0.1) is 5.92 Å². The normalized spacial score (nSPS) is 12.1. The predicted octanol–water partition coefficient (Wildman–Crippen LogP) is 4.31. The summed E-state index contributed by atoms with van der Waals surface area (Å²) in [4.78, 5) is 31.1. The molecule has 0 aliphatic rings. The molecule has 29 heavy (non-hydrogen) atoms. The maximum atomic E-state index is 13.0. The Labute approximate surface area is 174 Å². The van der Waals surface area contributed by atoms with Crippen molar-refractivity contribution in [1.29, 1.82) is 0 Å². The third-order valence-corrected chi connectivity index (χ3v) is 4.73. The van der Waals surface area contributed by atoms with Gasteiger partial charge in [-0.1, -0.05) is 32.0 Å². The molecular weight excluding hydrogens is 364 g/mol. The lowest BCUT2D eigenvalue weighted by molar-refractivity contribution is -0.153. The van der Waals surface area contributed by atoms with Gasteiger partial charge in [-0.15, -0.1) is 0 Å². The Morgan fingerprint density at radius 2 is 1.66 bits per heavy atom. The lowest BCUT2D eigenvalue weighted by Gasteiger charge is -2.28. The van der Waals surface area contributed by atoms with Gasteiger partial charge in [0.15, 0.2) is 0 Å². The van der Waals surface area contributed by atoms with E-state index in [4.69, 9.17) is 4.74 Å². The first-order valence-corrected chi connectivity index (χ1v) is 10.2. The summed E-state index contributed by atoms with van der Waals surface area (Å²) >= 11 is 0. The zero-order valence-electron chi connectivity index (χ0n) is 18.1. The highest BCUT2D eigenvalue weighted by Gasteiger charge is 2.30. The van der Waals surface area contributed by atoms with Gasteiger partial charge in [0.05, 0.1) is 6.10 Å². The highest BCUT2D eigenvalue weighted by Crippen LogP contribution is 2.17. The first-order valence-electron chi connectivity index (χ1n) is 10.2. The molecule has 156 valence electrons. The van der Waals surface area contributed by atoms with Crippen LogP contribution < -0.4 is 0 Å². The number of rotatable bonds is 9. The number of amides is 1. The van der Waals surface area contributed by atoms with Crippen molar-refractivity contribution in [2.75, 3.05) is 7.05 Å². The first kappa shape index (κ1) is 22.6. The lowest BCUT2D eigenvalue weighted by atomic mass is 10.0. The maximum absolute atomic E-state index is 13.0. The first-order chi connectivity index (χ1) is 13.8. The summed E-state index contributed by atoms with van der Waals surface area (Å²) in [5.74, 6) is -0.252. The van der Waals surface area contributed by atoms with Crippen molar-refractivity contribution in [2.24, 2.45) is 5.92 Å². The Kier molecular flexibility index (Phi) is 8.37. The smallest absolute Gasteiger partial charge is 0.329 e. The van der Waals surface area contributed by atoms with Crippen LogP contribution >= 0.6 is 0 Å². The molecule has 1 aromatic heterocycles. The molecule has 5 heteroatoms. The van der Waals surface area contributed by atoms with Crippen LogP contribution in [0.1, 0.15) is 55.6 Å². The largest absolute Gasteiger partial charge is 0.461 e. The van der Waals surface area contributed by atoms with Crippen LogP contribution in [0.25, 0.3) is 0 Å². The van der Waals surface area contributed by atoms with Crippen LogP contribution in [-0.2, 0) is 22.4 Å². The van der Waals surface area contributed by atoms with E-state index in [1.807, 2.05) is 64.2 Å². The summed E-state index contributed by atoms with van der Waals surface area (Å²) in [5, 5.41) is 0. The van der Waals surface area contributed by atoms with Crippen LogP contribution in [0.15, 0.2) is 48.8 Å². The zero-order chi connectivity index (χ0) is 21.4. The zero-order valence-corrected chi connectivity index (χ0v) is 18.1. The number of ether oxygens (including phenoxy) is 1. The van der Waals surface area contributed by atoms with Gasteiger partial charge in [-0.05, 0) is 68.4 Å². The van der Waals surface area contributed by atoms with E-state index in [-0.39, 0.29) is 23.9 Å². The van der Waals surface area contributed by atoms with E-state index in [0.29, 0.717) is 12.0 Å². The monoisotopic (exact) mass is 396 g/mol. The minimum absolute atomic E-state index is 0.171. The average Bonchev–Trinajstić information content (AvgIpc) is 2.70. The molecule has 0 fully saturated rings. The van der Waals surface area contributed by atoms with Gasteiger partial charge in [0.1, 0.15) is 6.04 Å². The van der Waals surface area contributed by atoms with Gasteiger partial charge in [0.2, 0.25) is 0 Å². The van der Waals surface area contributed by atoms with E-state index in [2.05, 4.69) is 11.1 Å². The van der Waals surface area contributed by atoms with Gasteiger partial charge in [0.25, 0.3) is 5.91 Å². The molecule has 0 bridgehead atoms. The van der Waals surface area contributed by atoms with E-state index in [1.54, 1.807) is 13.2 Å². The number of likely N-dealkylation sites (N-methyl/N-ethyl adjacent to an activating group) is 1. The highest BCUT2D eigenvalue weighted by molar-refractivity contribution is 5.96. The van der Waals surface area contributed by atoms with Gasteiger partial charge >= 0.3 is 5.97 Å². The third kappa shape index (κ3) is 7.00. The average molecular weight is 397 g/mol. The fourth-order valence-electron chi connectivity index (χ4n) is 3.16. The molecule has 1 aromatic carbocycles. The van der Waals surface area contributed by atoms with Crippen molar-refractivity contribution in [3.63, 3.8) is 0 Å². The van der Waals surface area contributed by atoms with Crippen molar-refractivity contribution < 1.29 is 14.3 Å². The van der Waals surface area contributed by atoms with Crippen LogP contribution in [0.4, 0.5) is 0 Å². The van der Waals surface area contributed by atoms with E-state index in [1.165, 1.54) is 10.5 Å². The minimum atomic E-state index is -0.588. The lowest BCUT2D eigenvalue weighted by Crippen LogP contribution is -2.44. The summed E-state index contributed by atoms with van der Waals surface area (Å²) in [7, 11) is 1.67. The second-order valence-corrected chi connectivity index (χ2v) is 8.11. The fraction of sp³-hybridized carbons (Fsp3) is 0.458. The Bertz CT molecular complexity index is 786. The number of hydrogen-bond donors (Lipinski definition) is 0. The van der Waals surface area contributed by atoms with Gasteiger partial charge in [-0.25, -0.2) is 4.79 Å². The quantitative estimate of drug-likeness (QED) is 0.593. The van der Waals surface area contributed by atoms with Gasteiger partial charge in [-0.3, -0.25) is 9.78 Å². The van der Waals surface area contributed by atoms with Crippen molar-refractivity contribution in [1.82, 2.24) is 9.88 Å². The minimum Gasteiger partial charge on any atom is -0.461 e. The number of hydrogen-bond acceptors (Lipinski definition) is 4. The van der Waals surface area contributed by atoms with Crippen molar-refractivity contribution in [3.8, 4) is 0 Å². The number of aryl methyl sites for hydroxylation is 2. The van der Waals surface area contributed by atoms with Crippen molar-refractivity contribution in [2.45, 2.75) is 59.1 Å². The molecule has 1 heterocycles. The number of pyridine rings is 1. The third-order valence-electron chi connectivity index (χ3n) is 4.73. The van der Waals surface area contributed by atoms with Gasteiger partial charge < -0.3 is 9.64 Å². The maximum Gasteiger partial charge on any atom is 0.329 e. The molecule has 0 saturated carbocycles. The fourth-order valence-corrected chi connectivity index (χ4v) is 3.16. The van der Waals surface area contributed by atoms with Gasteiger partial charge in [-0.2, -0.15) is 0 Å². The molecule has 0 aliphatic heterocycles. The molecule has 0 N–H and O–H groups in total. The molecule has 0 radical (unpaired) electrons. The van der Waals surface area contributed by atoms with E-state index in [9.17, 15) is 9.59 Å². The topological polar surface area (TPSA) is 59.5 Å². The Morgan fingerprint density at radius 3 is 2.21 bits per heavy atom. The molecule has 1 atom stereocenters. The number of esters is 1. The molecule has 0 saturated heterocycles. The molecule has 0 unspecified atom stereocenters. The number of nitrogens with zero attached hydrogens (tertiary/aromatic N) is 2. The standard InChI is InChI=1S/C24H32N2O3/c1-17(2)15-22(24(28)29-18(3)4)26(5)23(27)21-12-10-19(11-13-21)8-9-20-7-6-14-25-16-20/h6-7,10-14,16-18,22H,8-9,15H2,1-5H3/t22-/m0/s1. The van der Waals surface area contributed by atoms with E-state index in [0.717, 1.165) is 18.4 Å². The molecule has 5 nitrogen and oxygen atoms in total. The highest BCUT2D eigenvalue weighted by atomic mass is 16.5. The molecule has 1 amide bonds. The number of benzene rings is 1. The summed E-state index contributed by atoms with van der Waals surface area (Å²) in [5.41, 5.74) is 2.92. The summed E-state index contributed by atoms with van der Waals surface area (Å²) in [6.07, 6.45) is 5.78. The number of carbonyl (C=O) groups is 2. The molecule has 2 aromatic rings. The van der Waals surface area contributed by atoms with Crippen LogP contribution in [0.3, 0.4) is 0 Å². The van der Waals surface area contributed by atoms with Crippen LogP contribution in [-0.4, -0.2) is 41.0 Å². The van der Waals surface area contributed by atoms with Crippen molar-refractivity contribution in [3.05, 3.63) is 65.5 Å². The molecule has 0 spiro atoms. The second-order valence-electron chi connectivity index (χ2n) is 8.11.